The van der Waals surface area contributed by atoms with Crippen LogP contribution in [0.5, 0.6) is 0 Å². The van der Waals surface area contributed by atoms with Crippen molar-refractivity contribution in [2.24, 2.45) is 5.73 Å². The topological polar surface area (TPSA) is 32.5 Å². The zero-order valence-electron chi connectivity index (χ0n) is 11.6. The summed E-state index contributed by atoms with van der Waals surface area (Å²) in [4.78, 5) is 5.00. The summed E-state index contributed by atoms with van der Waals surface area (Å²) < 4.78 is 0. The number of nitrogens with zero attached hydrogens (tertiary/aromatic N) is 2. The Kier molecular flexibility index (Phi) is 4.61. The third-order valence-corrected chi connectivity index (χ3v) is 3.99. The summed E-state index contributed by atoms with van der Waals surface area (Å²) >= 11 is 0. The van der Waals surface area contributed by atoms with Gasteiger partial charge < -0.3 is 10.6 Å². The van der Waals surface area contributed by atoms with Crippen molar-refractivity contribution >= 4 is 5.69 Å². The van der Waals surface area contributed by atoms with E-state index in [-0.39, 0.29) is 0 Å². The summed E-state index contributed by atoms with van der Waals surface area (Å²) in [6, 6.07) is 9.37. The molecule has 1 aliphatic rings. The number of likely N-dealkylation sites (N-methyl/N-ethyl adjacent to an activating group) is 1. The molecule has 18 heavy (non-hydrogen) atoms. The molecule has 2 rings (SSSR count). The maximum absolute atomic E-state index is 5.71. The first-order valence-corrected chi connectivity index (χ1v) is 6.99. The lowest BCUT2D eigenvalue weighted by molar-refractivity contribution is 0.213. The lowest BCUT2D eigenvalue weighted by Crippen LogP contribution is -2.51. The van der Waals surface area contributed by atoms with E-state index < -0.39 is 0 Å². The minimum atomic E-state index is 0.671. The van der Waals surface area contributed by atoms with Crippen molar-refractivity contribution in [2.45, 2.75) is 25.8 Å². The molecule has 1 heterocycles. The predicted molar refractivity (Wildman–Crippen MR) is 78.1 cm³/mol. The maximum Gasteiger partial charge on any atom is 0.0400 e. The Labute approximate surface area is 111 Å². The van der Waals surface area contributed by atoms with Crippen LogP contribution in [-0.4, -0.2) is 44.2 Å². The van der Waals surface area contributed by atoms with Crippen molar-refractivity contribution in [2.75, 3.05) is 38.1 Å². The molecule has 1 saturated heterocycles. The summed E-state index contributed by atoms with van der Waals surface area (Å²) in [6.07, 6.45) is 2.19. The third kappa shape index (κ3) is 2.85. The second-order valence-electron chi connectivity index (χ2n) is 5.16. The first-order valence-electron chi connectivity index (χ1n) is 6.99. The van der Waals surface area contributed by atoms with Crippen LogP contribution in [0.4, 0.5) is 5.69 Å². The number of anilines is 1. The minimum absolute atomic E-state index is 0.671. The van der Waals surface area contributed by atoms with Crippen molar-refractivity contribution in [1.82, 2.24) is 4.90 Å². The highest BCUT2D eigenvalue weighted by atomic mass is 15.3. The monoisotopic (exact) mass is 247 g/mol. The van der Waals surface area contributed by atoms with Gasteiger partial charge in [0, 0.05) is 31.4 Å². The van der Waals surface area contributed by atoms with Gasteiger partial charge in [0.15, 0.2) is 0 Å². The van der Waals surface area contributed by atoms with Crippen molar-refractivity contribution in [3.8, 4) is 0 Å². The maximum atomic E-state index is 5.71. The predicted octanol–water partition coefficient (Wildman–Crippen LogP) is 1.72. The van der Waals surface area contributed by atoms with E-state index in [9.17, 15) is 0 Å². The molecule has 3 nitrogen and oxygen atoms in total. The first kappa shape index (κ1) is 13.4. The van der Waals surface area contributed by atoms with Crippen LogP contribution in [0.25, 0.3) is 0 Å². The van der Waals surface area contributed by atoms with E-state index in [1.165, 1.54) is 17.7 Å². The lowest BCUT2D eigenvalue weighted by atomic mass is 10.1. The largest absolute Gasteiger partial charge is 0.368 e. The highest BCUT2D eigenvalue weighted by molar-refractivity contribution is 5.54. The zero-order valence-corrected chi connectivity index (χ0v) is 11.6. The number of rotatable bonds is 4. The molecule has 1 aliphatic heterocycles. The molecule has 0 saturated carbocycles. The van der Waals surface area contributed by atoms with Crippen molar-refractivity contribution in [3.05, 3.63) is 29.8 Å². The molecule has 1 atom stereocenters. The molecular weight excluding hydrogens is 222 g/mol. The average molecular weight is 247 g/mol. The van der Waals surface area contributed by atoms with Gasteiger partial charge in [0.1, 0.15) is 0 Å². The molecule has 0 aliphatic carbocycles. The van der Waals surface area contributed by atoms with E-state index in [2.05, 4.69) is 48.0 Å². The van der Waals surface area contributed by atoms with Crippen LogP contribution in [0.1, 0.15) is 18.9 Å². The lowest BCUT2D eigenvalue weighted by Gasteiger charge is -2.41. The molecule has 1 unspecified atom stereocenters. The van der Waals surface area contributed by atoms with Gasteiger partial charge in [0.05, 0.1) is 0 Å². The molecule has 0 bridgehead atoms. The third-order valence-electron chi connectivity index (χ3n) is 3.99. The van der Waals surface area contributed by atoms with Crippen LogP contribution < -0.4 is 10.6 Å². The van der Waals surface area contributed by atoms with E-state index in [1.807, 2.05) is 0 Å². The number of hydrogen-bond acceptors (Lipinski definition) is 3. The van der Waals surface area contributed by atoms with Crippen molar-refractivity contribution in [3.63, 3.8) is 0 Å². The minimum Gasteiger partial charge on any atom is -0.368 e. The standard InChI is InChI=1S/C15H25N3/c1-3-14-12-18(11-10-17(14)2)15-7-5-4-6-13(15)8-9-16/h4-7,14H,3,8-12,16H2,1-2H3. The number of piperazine rings is 1. The number of nitrogens with two attached hydrogens (primary N) is 1. The quantitative estimate of drug-likeness (QED) is 0.879. The normalized spacial score (nSPS) is 21.3. The smallest absolute Gasteiger partial charge is 0.0400 e. The zero-order chi connectivity index (χ0) is 13.0. The molecule has 1 fully saturated rings. The fourth-order valence-electron chi connectivity index (χ4n) is 2.79. The Morgan fingerprint density at radius 3 is 2.78 bits per heavy atom. The van der Waals surface area contributed by atoms with Crippen LogP contribution in [-0.2, 0) is 6.42 Å². The van der Waals surface area contributed by atoms with E-state index in [0.29, 0.717) is 6.04 Å². The van der Waals surface area contributed by atoms with Gasteiger partial charge in [-0.05, 0) is 38.1 Å². The molecule has 0 aromatic heterocycles. The molecule has 0 radical (unpaired) electrons. The van der Waals surface area contributed by atoms with Gasteiger partial charge in [-0.2, -0.15) is 0 Å². The molecule has 1 aromatic carbocycles. The van der Waals surface area contributed by atoms with Gasteiger partial charge in [0.2, 0.25) is 0 Å². The van der Waals surface area contributed by atoms with Gasteiger partial charge in [0.25, 0.3) is 0 Å². The number of para-hydroxylation sites is 1. The van der Waals surface area contributed by atoms with Crippen LogP contribution in [0.15, 0.2) is 24.3 Å². The van der Waals surface area contributed by atoms with E-state index in [0.717, 1.165) is 32.6 Å². The SMILES string of the molecule is CCC1CN(c2ccccc2CCN)CCN1C. The molecule has 0 spiro atoms. The van der Waals surface area contributed by atoms with Gasteiger partial charge in [-0.15, -0.1) is 0 Å². The Bertz CT molecular complexity index is 378. The second-order valence-corrected chi connectivity index (χ2v) is 5.16. The van der Waals surface area contributed by atoms with Gasteiger partial charge in [-0.1, -0.05) is 25.1 Å². The number of benzene rings is 1. The molecule has 0 amide bonds. The van der Waals surface area contributed by atoms with Gasteiger partial charge in [-0.25, -0.2) is 0 Å². The first-order chi connectivity index (χ1) is 8.76. The van der Waals surface area contributed by atoms with Gasteiger partial charge in [-0.3, -0.25) is 4.90 Å². The van der Waals surface area contributed by atoms with Crippen LogP contribution in [0.3, 0.4) is 0 Å². The fraction of sp³-hybridized carbons (Fsp3) is 0.600. The molecule has 100 valence electrons. The highest BCUT2D eigenvalue weighted by Gasteiger charge is 2.23. The Morgan fingerprint density at radius 2 is 2.06 bits per heavy atom. The average Bonchev–Trinajstić information content (AvgIpc) is 2.40. The summed E-state index contributed by atoms with van der Waals surface area (Å²) in [7, 11) is 2.23. The van der Waals surface area contributed by atoms with Crippen LogP contribution in [0.2, 0.25) is 0 Å². The van der Waals surface area contributed by atoms with Crippen molar-refractivity contribution < 1.29 is 0 Å². The van der Waals surface area contributed by atoms with E-state index in [4.69, 9.17) is 5.73 Å². The molecule has 3 heteroatoms. The van der Waals surface area contributed by atoms with Gasteiger partial charge >= 0.3 is 0 Å². The van der Waals surface area contributed by atoms with Crippen molar-refractivity contribution in [1.29, 1.82) is 0 Å². The Morgan fingerprint density at radius 1 is 1.28 bits per heavy atom. The summed E-state index contributed by atoms with van der Waals surface area (Å²) in [6.45, 7) is 6.40. The Balaban J connectivity index is 2.16. The number of hydrogen-bond donors (Lipinski definition) is 1. The summed E-state index contributed by atoms with van der Waals surface area (Å²) in [5.41, 5.74) is 8.48. The second kappa shape index (κ2) is 6.21. The fourth-order valence-corrected chi connectivity index (χ4v) is 2.79. The van der Waals surface area contributed by atoms with E-state index in [1.54, 1.807) is 0 Å². The molecule has 2 N–H and O–H groups in total. The molecule has 1 aromatic rings. The summed E-state index contributed by atoms with van der Waals surface area (Å²) in [5.74, 6) is 0. The Hall–Kier alpha value is -1.06. The summed E-state index contributed by atoms with van der Waals surface area (Å²) in [5, 5.41) is 0. The molecular formula is C15H25N3. The van der Waals surface area contributed by atoms with Crippen LogP contribution in [0, 0.1) is 0 Å². The highest BCUT2D eigenvalue weighted by Crippen LogP contribution is 2.24. The van der Waals surface area contributed by atoms with E-state index >= 15 is 0 Å². The van der Waals surface area contributed by atoms with Crippen LogP contribution >= 0.6 is 0 Å².